The first-order valence-electron chi connectivity index (χ1n) is 9.50. The second kappa shape index (κ2) is 5.59. The molecule has 0 saturated heterocycles. The zero-order chi connectivity index (χ0) is 17.8. The molecule has 27 heavy (non-hydrogen) atoms. The maximum Gasteiger partial charge on any atom is 0.0678 e. The summed E-state index contributed by atoms with van der Waals surface area (Å²) in [5, 5.41) is 5.15. The van der Waals surface area contributed by atoms with E-state index < -0.39 is 0 Å². The molecule has 1 heteroatoms. The van der Waals surface area contributed by atoms with Crippen LogP contribution in [0, 0.1) is 0 Å². The number of fused-ring (bicyclic) bond motifs is 6. The van der Waals surface area contributed by atoms with Crippen LogP contribution in [0.15, 0.2) is 84.9 Å². The number of hydrogen-bond donors (Lipinski definition) is 0. The molecule has 127 valence electrons. The van der Waals surface area contributed by atoms with Crippen molar-refractivity contribution in [3.63, 3.8) is 0 Å². The van der Waals surface area contributed by atoms with Crippen molar-refractivity contribution in [1.82, 2.24) is 5.32 Å². The third-order valence-electron chi connectivity index (χ3n) is 5.89. The van der Waals surface area contributed by atoms with E-state index in [2.05, 4.69) is 84.9 Å². The zero-order valence-corrected chi connectivity index (χ0v) is 14.9. The van der Waals surface area contributed by atoms with Crippen LogP contribution in [0.4, 0.5) is 11.4 Å². The van der Waals surface area contributed by atoms with E-state index in [1.165, 1.54) is 44.5 Å². The van der Waals surface area contributed by atoms with Gasteiger partial charge in [-0.1, -0.05) is 72.8 Å². The van der Waals surface area contributed by atoms with Crippen molar-refractivity contribution in [3.05, 3.63) is 107 Å². The average molecular weight is 344 g/mol. The Morgan fingerprint density at radius 1 is 0.444 bits per heavy atom. The van der Waals surface area contributed by atoms with Crippen molar-refractivity contribution in [2.45, 2.75) is 12.8 Å². The van der Waals surface area contributed by atoms with E-state index >= 15 is 0 Å². The molecule has 0 fully saturated rings. The molecule has 0 N–H and O–H groups in total. The van der Waals surface area contributed by atoms with Gasteiger partial charge in [0.05, 0.1) is 11.4 Å². The predicted octanol–water partition coefficient (Wildman–Crippen LogP) is 6.40. The van der Waals surface area contributed by atoms with Gasteiger partial charge in [-0.25, -0.2) is 5.32 Å². The summed E-state index contributed by atoms with van der Waals surface area (Å²) in [6, 6.07) is 30.5. The lowest BCUT2D eigenvalue weighted by molar-refractivity contribution is 1.10. The standard InChI is InChI=1S/C26H18N/c1-3-9-19-17(7-1)15-23-21(19)11-5-13-25(23)27-26-14-6-12-22-20-10-4-2-8-18(20)16-24(22)26/h1-14H,15-16H2. The normalized spacial score (nSPS) is 12.9. The Morgan fingerprint density at radius 3 is 1.41 bits per heavy atom. The van der Waals surface area contributed by atoms with E-state index in [0.717, 1.165) is 24.2 Å². The van der Waals surface area contributed by atoms with Gasteiger partial charge in [0.2, 0.25) is 0 Å². The SMILES string of the molecule is c1ccc2c(c1)Cc1c([N]c3cccc4c3Cc3ccccc3-4)cccc1-2. The van der Waals surface area contributed by atoms with Crippen molar-refractivity contribution in [3.8, 4) is 22.3 Å². The first kappa shape index (κ1) is 14.8. The molecule has 2 aliphatic carbocycles. The quantitative estimate of drug-likeness (QED) is 0.345. The molecule has 0 spiro atoms. The highest BCUT2D eigenvalue weighted by molar-refractivity contribution is 5.84. The Labute approximate surface area is 159 Å². The molecular weight excluding hydrogens is 326 g/mol. The number of nitrogens with zero attached hydrogens (tertiary/aromatic N) is 1. The molecule has 1 nitrogen and oxygen atoms in total. The van der Waals surface area contributed by atoms with Crippen molar-refractivity contribution >= 4 is 11.4 Å². The topological polar surface area (TPSA) is 14.1 Å². The lowest BCUT2D eigenvalue weighted by atomic mass is 10.0. The highest BCUT2D eigenvalue weighted by atomic mass is 14.9. The van der Waals surface area contributed by atoms with Gasteiger partial charge in [-0.2, -0.15) is 0 Å². The smallest absolute Gasteiger partial charge is 0.0678 e. The Bertz CT molecular complexity index is 1110. The first-order valence-corrected chi connectivity index (χ1v) is 9.50. The van der Waals surface area contributed by atoms with Crippen molar-refractivity contribution in [1.29, 1.82) is 0 Å². The van der Waals surface area contributed by atoms with Crippen LogP contribution in [-0.2, 0) is 12.8 Å². The zero-order valence-electron chi connectivity index (χ0n) is 14.9. The van der Waals surface area contributed by atoms with Gasteiger partial charge in [-0.05, 0) is 56.6 Å². The van der Waals surface area contributed by atoms with Gasteiger partial charge >= 0.3 is 0 Å². The molecule has 4 aromatic carbocycles. The van der Waals surface area contributed by atoms with E-state index in [0.29, 0.717) is 0 Å². The highest BCUT2D eigenvalue weighted by Gasteiger charge is 2.24. The van der Waals surface area contributed by atoms with Crippen LogP contribution in [-0.4, -0.2) is 0 Å². The lowest BCUT2D eigenvalue weighted by Gasteiger charge is -2.12. The average Bonchev–Trinajstić information content (AvgIpc) is 3.28. The number of rotatable bonds is 2. The number of benzene rings is 4. The maximum absolute atomic E-state index is 5.15. The molecule has 0 bridgehead atoms. The van der Waals surface area contributed by atoms with Gasteiger partial charge in [0, 0.05) is 12.8 Å². The van der Waals surface area contributed by atoms with Gasteiger partial charge < -0.3 is 0 Å². The van der Waals surface area contributed by atoms with E-state index in [-0.39, 0.29) is 0 Å². The Hall–Kier alpha value is -3.32. The maximum atomic E-state index is 5.15. The van der Waals surface area contributed by atoms with E-state index in [4.69, 9.17) is 5.32 Å². The minimum atomic E-state index is 0.973. The molecular formula is C26H18N. The molecule has 4 aromatic rings. The minimum Gasteiger partial charge on any atom is -0.248 e. The van der Waals surface area contributed by atoms with Crippen LogP contribution in [0.3, 0.4) is 0 Å². The van der Waals surface area contributed by atoms with Crippen LogP contribution in [0.5, 0.6) is 0 Å². The summed E-state index contributed by atoms with van der Waals surface area (Å²) in [5.74, 6) is 0. The monoisotopic (exact) mass is 344 g/mol. The molecule has 1 radical (unpaired) electrons. The van der Waals surface area contributed by atoms with Gasteiger partial charge in [0.25, 0.3) is 0 Å². The lowest BCUT2D eigenvalue weighted by Crippen LogP contribution is -1.97. The summed E-state index contributed by atoms with van der Waals surface area (Å²) >= 11 is 0. The van der Waals surface area contributed by atoms with Crippen molar-refractivity contribution < 1.29 is 0 Å². The summed E-state index contributed by atoms with van der Waals surface area (Å²) in [5.41, 5.74) is 13.1. The fourth-order valence-electron chi connectivity index (χ4n) is 4.62. The first-order chi connectivity index (χ1) is 13.4. The summed E-state index contributed by atoms with van der Waals surface area (Å²) in [7, 11) is 0. The summed E-state index contributed by atoms with van der Waals surface area (Å²) < 4.78 is 0. The Kier molecular flexibility index (Phi) is 3.06. The van der Waals surface area contributed by atoms with E-state index in [1.54, 1.807) is 0 Å². The predicted molar refractivity (Wildman–Crippen MR) is 111 cm³/mol. The second-order valence-corrected chi connectivity index (χ2v) is 7.39. The summed E-state index contributed by atoms with van der Waals surface area (Å²) in [4.78, 5) is 0. The minimum absolute atomic E-state index is 0.973. The highest BCUT2D eigenvalue weighted by Crippen LogP contribution is 2.44. The molecule has 0 unspecified atom stereocenters. The molecule has 0 amide bonds. The molecule has 2 aliphatic rings. The summed E-state index contributed by atoms with van der Waals surface area (Å²) in [6.45, 7) is 0. The number of hydrogen-bond acceptors (Lipinski definition) is 0. The third-order valence-corrected chi connectivity index (χ3v) is 5.89. The van der Waals surface area contributed by atoms with E-state index in [9.17, 15) is 0 Å². The molecule has 0 aromatic heterocycles. The summed E-state index contributed by atoms with van der Waals surface area (Å²) in [6.07, 6.45) is 1.95. The van der Waals surface area contributed by atoms with Crippen LogP contribution < -0.4 is 5.32 Å². The Balaban J connectivity index is 1.43. The van der Waals surface area contributed by atoms with Crippen molar-refractivity contribution in [2.75, 3.05) is 0 Å². The van der Waals surface area contributed by atoms with Crippen LogP contribution in [0.1, 0.15) is 22.3 Å². The largest absolute Gasteiger partial charge is 0.248 e. The second-order valence-electron chi connectivity index (χ2n) is 7.39. The van der Waals surface area contributed by atoms with E-state index in [1.807, 2.05) is 0 Å². The van der Waals surface area contributed by atoms with Gasteiger partial charge in [0.1, 0.15) is 0 Å². The molecule has 0 aliphatic heterocycles. The fraction of sp³-hybridized carbons (Fsp3) is 0.0769. The van der Waals surface area contributed by atoms with Gasteiger partial charge in [-0.15, -0.1) is 0 Å². The molecule has 0 saturated carbocycles. The van der Waals surface area contributed by atoms with Crippen LogP contribution >= 0.6 is 0 Å². The van der Waals surface area contributed by atoms with Crippen LogP contribution in [0.2, 0.25) is 0 Å². The van der Waals surface area contributed by atoms with Crippen LogP contribution in [0.25, 0.3) is 22.3 Å². The Morgan fingerprint density at radius 2 is 0.889 bits per heavy atom. The fourth-order valence-corrected chi connectivity index (χ4v) is 4.62. The third kappa shape index (κ3) is 2.18. The van der Waals surface area contributed by atoms with Gasteiger partial charge in [-0.3, -0.25) is 0 Å². The molecule has 0 atom stereocenters. The molecule has 6 rings (SSSR count). The van der Waals surface area contributed by atoms with Gasteiger partial charge in [0.15, 0.2) is 0 Å². The van der Waals surface area contributed by atoms with Crippen molar-refractivity contribution in [2.24, 2.45) is 0 Å². The molecule has 0 heterocycles.